The number of anilines is 1. The van der Waals surface area contributed by atoms with Gasteiger partial charge in [0.15, 0.2) is 5.65 Å². The number of fused-ring (bicyclic) bond motifs is 1. The highest BCUT2D eigenvalue weighted by molar-refractivity contribution is 5.73. The number of nitrogens with zero attached hydrogens (tertiary/aromatic N) is 6. The fourth-order valence-electron chi connectivity index (χ4n) is 2.29. The standard InChI is InChI=1S/C15H19N7/c1-21(2)8-3-5-18-15-14(12-4-6-17-11-19-12)20-13-10-16-7-9-22(13)15/h4,6-7,9-11,18H,3,5,8H2,1-2H3. The summed E-state index contributed by atoms with van der Waals surface area (Å²) in [5.74, 6) is 0.940. The largest absolute Gasteiger partial charge is 0.369 e. The van der Waals surface area contributed by atoms with E-state index in [0.29, 0.717) is 0 Å². The average molecular weight is 297 g/mol. The van der Waals surface area contributed by atoms with Crippen LogP contribution < -0.4 is 5.32 Å². The minimum absolute atomic E-state index is 0.797. The number of aromatic nitrogens is 5. The Balaban J connectivity index is 1.92. The van der Waals surface area contributed by atoms with Gasteiger partial charge in [-0.2, -0.15) is 0 Å². The highest BCUT2D eigenvalue weighted by Crippen LogP contribution is 2.26. The van der Waals surface area contributed by atoms with Crippen molar-refractivity contribution in [2.45, 2.75) is 6.42 Å². The molecule has 0 spiro atoms. The Morgan fingerprint density at radius 1 is 1.23 bits per heavy atom. The highest BCUT2D eigenvalue weighted by Gasteiger charge is 2.14. The van der Waals surface area contributed by atoms with E-state index in [4.69, 9.17) is 0 Å². The molecule has 3 aromatic heterocycles. The molecule has 7 nitrogen and oxygen atoms in total. The van der Waals surface area contributed by atoms with Crippen LogP contribution in [0, 0.1) is 0 Å². The Morgan fingerprint density at radius 2 is 2.14 bits per heavy atom. The molecule has 1 N–H and O–H groups in total. The first kappa shape index (κ1) is 14.4. The molecule has 3 aromatic rings. The van der Waals surface area contributed by atoms with E-state index in [9.17, 15) is 0 Å². The smallest absolute Gasteiger partial charge is 0.157 e. The average Bonchev–Trinajstić information content (AvgIpc) is 2.91. The monoisotopic (exact) mass is 297 g/mol. The van der Waals surface area contributed by atoms with Crippen LogP contribution in [0.25, 0.3) is 17.0 Å². The molecule has 0 saturated heterocycles. The zero-order chi connectivity index (χ0) is 15.4. The van der Waals surface area contributed by atoms with Gasteiger partial charge < -0.3 is 10.2 Å². The first-order valence-electron chi connectivity index (χ1n) is 7.23. The number of imidazole rings is 1. The molecule has 22 heavy (non-hydrogen) atoms. The van der Waals surface area contributed by atoms with E-state index in [2.05, 4.69) is 44.2 Å². The van der Waals surface area contributed by atoms with Gasteiger partial charge in [0.2, 0.25) is 0 Å². The molecule has 3 rings (SSSR count). The zero-order valence-electron chi connectivity index (χ0n) is 12.8. The Kier molecular flexibility index (Phi) is 4.24. The Labute approximate surface area is 129 Å². The molecular formula is C15H19N7. The Bertz CT molecular complexity index is 736. The van der Waals surface area contributed by atoms with Crippen LogP contribution in [0.1, 0.15) is 6.42 Å². The summed E-state index contributed by atoms with van der Waals surface area (Å²) in [5.41, 5.74) is 2.42. The summed E-state index contributed by atoms with van der Waals surface area (Å²) in [6, 6.07) is 1.86. The van der Waals surface area contributed by atoms with Crippen LogP contribution in [-0.4, -0.2) is 56.4 Å². The van der Waals surface area contributed by atoms with Crippen molar-refractivity contribution in [2.75, 3.05) is 32.5 Å². The first-order valence-corrected chi connectivity index (χ1v) is 7.23. The van der Waals surface area contributed by atoms with Crippen LogP contribution in [0.5, 0.6) is 0 Å². The van der Waals surface area contributed by atoms with Gasteiger partial charge in [0.05, 0.1) is 11.9 Å². The van der Waals surface area contributed by atoms with E-state index in [1.165, 1.54) is 6.33 Å². The van der Waals surface area contributed by atoms with Crippen LogP contribution in [0.3, 0.4) is 0 Å². The zero-order valence-corrected chi connectivity index (χ0v) is 12.8. The van der Waals surface area contributed by atoms with E-state index in [-0.39, 0.29) is 0 Å². The molecule has 0 aliphatic rings. The second-order valence-corrected chi connectivity index (χ2v) is 5.29. The third-order valence-electron chi connectivity index (χ3n) is 3.33. The maximum absolute atomic E-state index is 4.63. The van der Waals surface area contributed by atoms with Crippen LogP contribution in [0.4, 0.5) is 5.82 Å². The lowest BCUT2D eigenvalue weighted by Gasteiger charge is -2.11. The lowest BCUT2D eigenvalue weighted by atomic mass is 10.3. The highest BCUT2D eigenvalue weighted by atomic mass is 15.1. The van der Waals surface area contributed by atoms with Gasteiger partial charge in [0.25, 0.3) is 0 Å². The fraction of sp³-hybridized carbons (Fsp3) is 0.333. The van der Waals surface area contributed by atoms with E-state index in [1.54, 1.807) is 18.6 Å². The summed E-state index contributed by atoms with van der Waals surface area (Å²) in [7, 11) is 4.15. The summed E-state index contributed by atoms with van der Waals surface area (Å²) in [4.78, 5) is 19.2. The van der Waals surface area contributed by atoms with Crippen molar-refractivity contribution in [1.82, 2.24) is 29.2 Å². The number of hydrogen-bond donors (Lipinski definition) is 1. The van der Waals surface area contributed by atoms with Gasteiger partial charge in [-0.05, 0) is 33.1 Å². The molecule has 0 atom stereocenters. The molecule has 0 aliphatic carbocycles. The number of rotatable bonds is 6. The maximum atomic E-state index is 4.63. The van der Waals surface area contributed by atoms with Crippen LogP contribution in [0.15, 0.2) is 37.2 Å². The lowest BCUT2D eigenvalue weighted by molar-refractivity contribution is 0.405. The Hall–Kier alpha value is -2.54. The van der Waals surface area contributed by atoms with Crippen molar-refractivity contribution >= 4 is 11.5 Å². The van der Waals surface area contributed by atoms with Crippen molar-refractivity contribution in [3.63, 3.8) is 0 Å². The fourth-order valence-corrected chi connectivity index (χ4v) is 2.29. The SMILES string of the molecule is CN(C)CCCNc1c(-c2ccncn2)nc2cnccn12. The van der Waals surface area contributed by atoms with E-state index >= 15 is 0 Å². The van der Waals surface area contributed by atoms with Gasteiger partial charge in [-0.1, -0.05) is 0 Å². The summed E-state index contributed by atoms with van der Waals surface area (Å²) < 4.78 is 2.00. The summed E-state index contributed by atoms with van der Waals surface area (Å²) in [6.45, 7) is 1.90. The van der Waals surface area contributed by atoms with E-state index in [0.717, 1.165) is 42.4 Å². The van der Waals surface area contributed by atoms with Crippen molar-refractivity contribution < 1.29 is 0 Å². The molecule has 0 radical (unpaired) electrons. The molecule has 0 aliphatic heterocycles. The summed E-state index contributed by atoms with van der Waals surface area (Å²) in [6.07, 6.45) is 9.71. The van der Waals surface area contributed by atoms with Crippen molar-refractivity contribution in [3.8, 4) is 11.4 Å². The number of nitrogens with one attached hydrogen (secondary N) is 1. The molecule has 0 aromatic carbocycles. The second-order valence-electron chi connectivity index (χ2n) is 5.29. The molecule has 3 heterocycles. The van der Waals surface area contributed by atoms with Gasteiger partial charge in [-0.15, -0.1) is 0 Å². The van der Waals surface area contributed by atoms with Gasteiger partial charge in [0.1, 0.15) is 17.8 Å². The lowest BCUT2D eigenvalue weighted by Crippen LogP contribution is -2.17. The quantitative estimate of drug-likeness (QED) is 0.696. The minimum Gasteiger partial charge on any atom is -0.369 e. The molecule has 0 bridgehead atoms. The third-order valence-corrected chi connectivity index (χ3v) is 3.33. The predicted octanol–water partition coefficient (Wildman–Crippen LogP) is 1.55. The topological polar surface area (TPSA) is 71.2 Å². The van der Waals surface area contributed by atoms with Crippen molar-refractivity contribution in [1.29, 1.82) is 0 Å². The molecule has 0 fully saturated rings. The Morgan fingerprint density at radius 3 is 2.91 bits per heavy atom. The van der Waals surface area contributed by atoms with Gasteiger partial charge in [0, 0.05) is 25.1 Å². The third kappa shape index (κ3) is 3.04. The molecule has 0 amide bonds. The van der Waals surface area contributed by atoms with Crippen LogP contribution >= 0.6 is 0 Å². The molecule has 114 valence electrons. The van der Waals surface area contributed by atoms with Gasteiger partial charge in [-0.3, -0.25) is 9.38 Å². The van der Waals surface area contributed by atoms with Crippen LogP contribution in [-0.2, 0) is 0 Å². The summed E-state index contributed by atoms with van der Waals surface area (Å²) in [5, 5.41) is 3.48. The second kappa shape index (κ2) is 6.48. The van der Waals surface area contributed by atoms with Gasteiger partial charge in [-0.25, -0.2) is 15.0 Å². The van der Waals surface area contributed by atoms with Crippen molar-refractivity contribution in [3.05, 3.63) is 37.2 Å². The molecular weight excluding hydrogens is 278 g/mol. The maximum Gasteiger partial charge on any atom is 0.157 e. The predicted molar refractivity (Wildman–Crippen MR) is 85.7 cm³/mol. The van der Waals surface area contributed by atoms with E-state index < -0.39 is 0 Å². The number of hydrogen-bond acceptors (Lipinski definition) is 6. The molecule has 7 heteroatoms. The normalized spacial score (nSPS) is 11.2. The van der Waals surface area contributed by atoms with Crippen molar-refractivity contribution in [2.24, 2.45) is 0 Å². The first-order chi connectivity index (χ1) is 10.8. The molecule has 0 unspecified atom stereocenters. The minimum atomic E-state index is 0.797. The summed E-state index contributed by atoms with van der Waals surface area (Å²) >= 11 is 0. The van der Waals surface area contributed by atoms with Gasteiger partial charge >= 0.3 is 0 Å². The molecule has 0 saturated carbocycles. The van der Waals surface area contributed by atoms with Crippen LogP contribution in [0.2, 0.25) is 0 Å². The van der Waals surface area contributed by atoms with E-state index in [1.807, 2.05) is 16.7 Å².